The van der Waals surface area contributed by atoms with Crippen molar-refractivity contribution in [3.8, 4) is 0 Å². The van der Waals surface area contributed by atoms with Crippen LogP contribution in [0.25, 0.3) is 0 Å². The van der Waals surface area contributed by atoms with Crippen molar-refractivity contribution in [1.82, 2.24) is 4.90 Å². The predicted octanol–water partition coefficient (Wildman–Crippen LogP) is 2.29. The number of carbonyl (C=O) groups is 1. The van der Waals surface area contributed by atoms with E-state index >= 15 is 0 Å². The molecule has 3 nitrogen and oxygen atoms in total. The first kappa shape index (κ1) is 12.9. The topological polar surface area (TPSA) is 46.3 Å². The van der Waals surface area contributed by atoms with Crippen molar-refractivity contribution in [3.63, 3.8) is 0 Å². The molecule has 0 unspecified atom stereocenters. The van der Waals surface area contributed by atoms with Crippen molar-refractivity contribution in [3.05, 3.63) is 0 Å². The summed E-state index contributed by atoms with van der Waals surface area (Å²) in [7, 11) is 0. The van der Waals surface area contributed by atoms with Crippen LogP contribution in [0.4, 0.5) is 0 Å². The van der Waals surface area contributed by atoms with Gasteiger partial charge in [-0.2, -0.15) is 0 Å². The van der Waals surface area contributed by atoms with E-state index in [0.717, 1.165) is 19.4 Å². The maximum atomic E-state index is 12.3. The Bertz CT molecular complexity index is 261. The summed E-state index contributed by atoms with van der Waals surface area (Å²) in [6.07, 6.45) is 9.13. The molecule has 0 aromatic rings. The second-order valence-electron chi connectivity index (χ2n) is 5.68. The lowest BCUT2D eigenvalue weighted by molar-refractivity contribution is -0.134. The van der Waals surface area contributed by atoms with Crippen LogP contribution in [0.15, 0.2) is 0 Å². The Morgan fingerprint density at radius 2 is 1.88 bits per heavy atom. The number of rotatable bonds is 4. The summed E-state index contributed by atoms with van der Waals surface area (Å²) in [5.41, 5.74) is 6.05. The Hall–Kier alpha value is -0.570. The molecule has 0 bridgehead atoms. The van der Waals surface area contributed by atoms with Crippen LogP contribution in [0, 0.1) is 5.92 Å². The number of nitrogens with two attached hydrogens (primary N) is 1. The second-order valence-corrected chi connectivity index (χ2v) is 5.68. The minimum Gasteiger partial charge on any atom is -0.340 e. The molecule has 2 fully saturated rings. The van der Waals surface area contributed by atoms with Crippen LogP contribution in [-0.4, -0.2) is 29.4 Å². The molecule has 0 spiro atoms. The largest absolute Gasteiger partial charge is 0.340 e. The Kier molecular flexibility index (Phi) is 4.43. The van der Waals surface area contributed by atoms with E-state index in [1.807, 2.05) is 0 Å². The monoisotopic (exact) mass is 238 g/mol. The average molecular weight is 238 g/mol. The number of amides is 1. The van der Waals surface area contributed by atoms with E-state index in [4.69, 9.17) is 5.73 Å². The quantitative estimate of drug-likeness (QED) is 0.817. The van der Waals surface area contributed by atoms with E-state index in [0.29, 0.717) is 24.3 Å². The molecule has 0 aromatic carbocycles. The summed E-state index contributed by atoms with van der Waals surface area (Å²) < 4.78 is 0. The van der Waals surface area contributed by atoms with Crippen LogP contribution in [-0.2, 0) is 4.79 Å². The zero-order valence-electron chi connectivity index (χ0n) is 11.0. The third-order valence-corrected chi connectivity index (χ3v) is 4.58. The Morgan fingerprint density at radius 1 is 1.18 bits per heavy atom. The van der Waals surface area contributed by atoms with Gasteiger partial charge in [-0.25, -0.2) is 0 Å². The maximum Gasteiger partial charge on any atom is 0.223 e. The molecule has 0 radical (unpaired) electrons. The van der Waals surface area contributed by atoms with Gasteiger partial charge in [0, 0.05) is 25.0 Å². The molecule has 2 aliphatic carbocycles. The molecule has 98 valence electrons. The molecule has 0 aromatic heterocycles. The van der Waals surface area contributed by atoms with Crippen LogP contribution < -0.4 is 5.73 Å². The van der Waals surface area contributed by atoms with Gasteiger partial charge in [0.05, 0.1) is 0 Å². The van der Waals surface area contributed by atoms with Crippen molar-refractivity contribution in [2.75, 3.05) is 6.54 Å². The van der Waals surface area contributed by atoms with Crippen LogP contribution in [0.5, 0.6) is 0 Å². The molecule has 0 aliphatic heterocycles. The summed E-state index contributed by atoms with van der Waals surface area (Å²) >= 11 is 0. The molecular formula is C14H26N2O. The Balaban J connectivity index is 1.88. The van der Waals surface area contributed by atoms with Gasteiger partial charge in [-0.1, -0.05) is 19.3 Å². The van der Waals surface area contributed by atoms with Crippen molar-refractivity contribution in [2.24, 2.45) is 11.7 Å². The summed E-state index contributed by atoms with van der Waals surface area (Å²) in [6, 6.07) is 0.784. The predicted molar refractivity (Wildman–Crippen MR) is 69.6 cm³/mol. The molecule has 3 heteroatoms. The Labute approximate surface area is 105 Å². The number of carbonyl (C=O) groups excluding carboxylic acids is 1. The maximum absolute atomic E-state index is 12.3. The standard InChI is InChI=1S/C14H26N2O/c1-2-16(12-7-3-4-8-12)14(17)10-11-6-5-9-13(11)15/h11-13H,2-10,15H2,1H3/t11-,13+/m0/s1. The third kappa shape index (κ3) is 3.01. The fourth-order valence-electron chi connectivity index (χ4n) is 3.51. The molecule has 1 amide bonds. The number of hydrogen-bond acceptors (Lipinski definition) is 2. The van der Waals surface area contributed by atoms with Gasteiger partial charge in [0.2, 0.25) is 5.91 Å². The van der Waals surface area contributed by atoms with E-state index in [9.17, 15) is 4.79 Å². The molecule has 2 atom stereocenters. The number of nitrogens with zero attached hydrogens (tertiary/aromatic N) is 1. The summed E-state index contributed by atoms with van der Waals surface area (Å²) in [5.74, 6) is 0.791. The zero-order valence-corrected chi connectivity index (χ0v) is 11.0. The lowest BCUT2D eigenvalue weighted by atomic mass is 9.99. The highest BCUT2D eigenvalue weighted by Crippen LogP contribution is 2.29. The van der Waals surface area contributed by atoms with Gasteiger partial charge in [-0.05, 0) is 38.5 Å². The van der Waals surface area contributed by atoms with Crippen LogP contribution in [0.3, 0.4) is 0 Å². The lowest BCUT2D eigenvalue weighted by Crippen LogP contribution is -2.40. The van der Waals surface area contributed by atoms with E-state index < -0.39 is 0 Å². The fourth-order valence-corrected chi connectivity index (χ4v) is 3.51. The number of hydrogen-bond donors (Lipinski definition) is 1. The van der Waals surface area contributed by atoms with E-state index in [1.54, 1.807) is 0 Å². The van der Waals surface area contributed by atoms with Gasteiger partial charge in [0.15, 0.2) is 0 Å². The molecule has 0 heterocycles. The van der Waals surface area contributed by atoms with Gasteiger partial charge in [-0.15, -0.1) is 0 Å². The van der Waals surface area contributed by atoms with Crippen LogP contribution in [0.1, 0.15) is 58.3 Å². The second kappa shape index (κ2) is 5.85. The molecule has 2 aliphatic rings. The van der Waals surface area contributed by atoms with Gasteiger partial charge < -0.3 is 10.6 Å². The zero-order chi connectivity index (χ0) is 12.3. The first-order valence-electron chi connectivity index (χ1n) is 7.27. The normalized spacial score (nSPS) is 29.8. The molecule has 0 saturated heterocycles. The highest BCUT2D eigenvalue weighted by molar-refractivity contribution is 5.77. The minimum atomic E-state index is 0.265. The molecule has 17 heavy (non-hydrogen) atoms. The Morgan fingerprint density at radius 3 is 2.41 bits per heavy atom. The summed E-state index contributed by atoms with van der Waals surface area (Å²) in [5, 5.41) is 0. The summed E-state index contributed by atoms with van der Waals surface area (Å²) in [6.45, 7) is 2.97. The van der Waals surface area contributed by atoms with E-state index in [-0.39, 0.29) is 6.04 Å². The molecule has 2 rings (SSSR count). The van der Waals surface area contributed by atoms with Gasteiger partial charge in [-0.3, -0.25) is 4.79 Å². The van der Waals surface area contributed by atoms with Crippen molar-refractivity contribution in [1.29, 1.82) is 0 Å². The smallest absolute Gasteiger partial charge is 0.223 e. The summed E-state index contributed by atoms with van der Waals surface area (Å²) in [4.78, 5) is 14.4. The van der Waals surface area contributed by atoms with Crippen molar-refractivity contribution in [2.45, 2.75) is 70.4 Å². The van der Waals surface area contributed by atoms with Gasteiger partial charge in [0.25, 0.3) is 0 Å². The average Bonchev–Trinajstić information content (AvgIpc) is 2.93. The molecular weight excluding hydrogens is 212 g/mol. The third-order valence-electron chi connectivity index (χ3n) is 4.58. The SMILES string of the molecule is CCN(C(=O)C[C@@H]1CCC[C@H]1N)C1CCCC1. The molecule has 2 N–H and O–H groups in total. The van der Waals surface area contributed by atoms with Crippen molar-refractivity contribution < 1.29 is 4.79 Å². The highest BCUT2D eigenvalue weighted by Gasteiger charge is 2.30. The van der Waals surface area contributed by atoms with Gasteiger partial charge in [0.1, 0.15) is 0 Å². The first-order chi connectivity index (χ1) is 8.22. The van der Waals surface area contributed by atoms with E-state index in [1.165, 1.54) is 32.1 Å². The van der Waals surface area contributed by atoms with Crippen LogP contribution in [0.2, 0.25) is 0 Å². The van der Waals surface area contributed by atoms with Crippen molar-refractivity contribution >= 4 is 5.91 Å². The fraction of sp³-hybridized carbons (Fsp3) is 0.929. The highest BCUT2D eigenvalue weighted by atomic mass is 16.2. The van der Waals surface area contributed by atoms with Gasteiger partial charge >= 0.3 is 0 Å². The van der Waals surface area contributed by atoms with E-state index in [2.05, 4.69) is 11.8 Å². The van der Waals surface area contributed by atoms with Crippen LogP contribution >= 0.6 is 0 Å². The molecule has 2 saturated carbocycles. The first-order valence-corrected chi connectivity index (χ1v) is 7.27. The minimum absolute atomic E-state index is 0.265. The lowest BCUT2D eigenvalue weighted by Gasteiger charge is -2.29.